The van der Waals surface area contributed by atoms with Crippen LogP contribution in [0.2, 0.25) is 0 Å². The molecule has 0 bridgehead atoms. The standard InChI is InChI=1S/C24H30N6O2/c1-3-22-29-28-18-30(22)14-13-26-24(25-4-2)27-16-20-11-8-12-21(15-20)23(31)32-17-19-9-6-5-7-10-19/h5-12,15,18H,3-4,13-14,16-17H2,1-2H3,(H2,25,26,27). The van der Waals surface area contributed by atoms with Gasteiger partial charge in [-0.25, -0.2) is 9.79 Å². The van der Waals surface area contributed by atoms with Crippen LogP contribution >= 0.6 is 0 Å². The Morgan fingerprint density at radius 2 is 1.88 bits per heavy atom. The molecule has 8 heteroatoms. The predicted molar refractivity (Wildman–Crippen MR) is 124 cm³/mol. The third-order valence-corrected chi connectivity index (χ3v) is 4.80. The summed E-state index contributed by atoms with van der Waals surface area (Å²) in [5.41, 5.74) is 2.41. The van der Waals surface area contributed by atoms with Crippen LogP contribution in [-0.4, -0.2) is 39.8 Å². The van der Waals surface area contributed by atoms with E-state index in [-0.39, 0.29) is 12.6 Å². The Balaban J connectivity index is 1.55. The molecule has 2 N–H and O–H groups in total. The number of hydrogen-bond donors (Lipinski definition) is 2. The number of rotatable bonds is 10. The second-order valence-electron chi connectivity index (χ2n) is 7.18. The highest BCUT2D eigenvalue weighted by Gasteiger charge is 2.08. The Hall–Kier alpha value is -3.68. The van der Waals surface area contributed by atoms with Gasteiger partial charge in [0.05, 0.1) is 12.1 Å². The van der Waals surface area contributed by atoms with Gasteiger partial charge in [-0.3, -0.25) is 0 Å². The Labute approximate surface area is 188 Å². The summed E-state index contributed by atoms with van der Waals surface area (Å²) in [7, 11) is 0. The van der Waals surface area contributed by atoms with Crippen LogP contribution < -0.4 is 10.6 Å². The zero-order chi connectivity index (χ0) is 22.6. The van der Waals surface area contributed by atoms with Gasteiger partial charge in [-0.05, 0) is 30.2 Å². The topological polar surface area (TPSA) is 93.4 Å². The SMILES string of the molecule is CCNC(=NCc1cccc(C(=O)OCc2ccccc2)c1)NCCn1cnnc1CC. The van der Waals surface area contributed by atoms with Gasteiger partial charge in [0.2, 0.25) is 0 Å². The molecule has 3 aromatic rings. The fourth-order valence-corrected chi connectivity index (χ4v) is 3.15. The number of benzene rings is 2. The first kappa shape index (κ1) is 23.0. The highest BCUT2D eigenvalue weighted by Crippen LogP contribution is 2.10. The Bertz CT molecular complexity index is 1020. The third kappa shape index (κ3) is 6.94. The number of esters is 1. The quantitative estimate of drug-likeness (QED) is 0.290. The molecule has 0 unspecified atom stereocenters. The lowest BCUT2D eigenvalue weighted by atomic mass is 10.1. The Morgan fingerprint density at radius 3 is 2.66 bits per heavy atom. The summed E-state index contributed by atoms with van der Waals surface area (Å²) in [6, 6.07) is 17.0. The molecule has 0 aliphatic carbocycles. The maximum absolute atomic E-state index is 12.4. The monoisotopic (exact) mass is 434 g/mol. The van der Waals surface area contributed by atoms with E-state index in [4.69, 9.17) is 4.74 Å². The molecule has 0 saturated carbocycles. The molecule has 8 nitrogen and oxygen atoms in total. The smallest absolute Gasteiger partial charge is 0.338 e. The van der Waals surface area contributed by atoms with E-state index in [1.807, 2.05) is 60.0 Å². The molecule has 3 rings (SSSR count). The van der Waals surface area contributed by atoms with Crippen LogP contribution in [0.3, 0.4) is 0 Å². The Morgan fingerprint density at radius 1 is 1.06 bits per heavy atom. The van der Waals surface area contributed by atoms with Crippen molar-refractivity contribution < 1.29 is 9.53 Å². The van der Waals surface area contributed by atoms with Crippen LogP contribution in [0.25, 0.3) is 0 Å². The van der Waals surface area contributed by atoms with Crippen molar-refractivity contribution >= 4 is 11.9 Å². The first-order chi connectivity index (χ1) is 15.7. The minimum Gasteiger partial charge on any atom is -0.457 e. The van der Waals surface area contributed by atoms with Gasteiger partial charge in [-0.15, -0.1) is 10.2 Å². The van der Waals surface area contributed by atoms with Gasteiger partial charge in [-0.2, -0.15) is 0 Å². The molecule has 0 aliphatic rings. The molecule has 0 amide bonds. The van der Waals surface area contributed by atoms with Crippen molar-refractivity contribution in [3.63, 3.8) is 0 Å². The van der Waals surface area contributed by atoms with Crippen molar-refractivity contribution in [2.75, 3.05) is 13.1 Å². The lowest BCUT2D eigenvalue weighted by Crippen LogP contribution is -2.38. The Kier molecular flexibility index (Phi) is 8.80. The van der Waals surface area contributed by atoms with Crippen molar-refractivity contribution in [2.45, 2.75) is 40.0 Å². The van der Waals surface area contributed by atoms with E-state index in [1.54, 1.807) is 12.4 Å². The number of ether oxygens (including phenoxy) is 1. The number of hydrogen-bond acceptors (Lipinski definition) is 5. The van der Waals surface area contributed by atoms with Crippen LogP contribution in [0.1, 0.15) is 41.2 Å². The molecule has 0 aliphatic heterocycles. The van der Waals surface area contributed by atoms with Crippen molar-refractivity contribution in [2.24, 2.45) is 4.99 Å². The van der Waals surface area contributed by atoms with Crippen LogP contribution in [0.5, 0.6) is 0 Å². The van der Waals surface area contributed by atoms with Crippen molar-refractivity contribution in [3.05, 3.63) is 83.4 Å². The second-order valence-corrected chi connectivity index (χ2v) is 7.18. The molecule has 168 valence electrons. The van der Waals surface area contributed by atoms with Crippen molar-refractivity contribution in [3.8, 4) is 0 Å². The highest BCUT2D eigenvalue weighted by molar-refractivity contribution is 5.89. The van der Waals surface area contributed by atoms with E-state index < -0.39 is 0 Å². The van der Waals surface area contributed by atoms with Gasteiger partial charge >= 0.3 is 5.97 Å². The zero-order valence-electron chi connectivity index (χ0n) is 18.6. The van der Waals surface area contributed by atoms with Gasteiger partial charge in [-0.1, -0.05) is 49.4 Å². The molecular weight excluding hydrogens is 404 g/mol. The summed E-state index contributed by atoms with van der Waals surface area (Å²) >= 11 is 0. The summed E-state index contributed by atoms with van der Waals surface area (Å²) in [4.78, 5) is 17.1. The third-order valence-electron chi connectivity index (χ3n) is 4.80. The number of aliphatic imine (C=N–C) groups is 1. The second kappa shape index (κ2) is 12.2. The number of nitrogens with one attached hydrogen (secondary N) is 2. The first-order valence-corrected chi connectivity index (χ1v) is 10.9. The highest BCUT2D eigenvalue weighted by atomic mass is 16.5. The predicted octanol–water partition coefficient (Wildman–Crippen LogP) is 2.95. The minimum absolute atomic E-state index is 0.253. The maximum Gasteiger partial charge on any atom is 0.338 e. The summed E-state index contributed by atoms with van der Waals surface area (Å²) in [5.74, 6) is 1.34. The van der Waals surface area contributed by atoms with Crippen molar-refractivity contribution in [1.29, 1.82) is 0 Å². The molecular formula is C24H30N6O2. The first-order valence-electron chi connectivity index (χ1n) is 10.9. The average Bonchev–Trinajstić information content (AvgIpc) is 3.29. The van der Waals surface area contributed by atoms with Crippen LogP contribution in [0.15, 0.2) is 65.9 Å². The summed E-state index contributed by atoms with van der Waals surface area (Å²) in [6.45, 7) is 6.99. The molecule has 0 spiro atoms. The summed E-state index contributed by atoms with van der Waals surface area (Å²) in [5, 5.41) is 14.6. The molecule has 0 radical (unpaired) electrons. The molecule has 32 heavy (non-hydrogen) atoms. The molecule has 0 fully saturated rings. The number of nitrogens with zero attached hydrogens (tertiary/aromatic N) is 4. The molecule has 0 atom stereocenters. The van der Waals surface area contributed by atoms with E-state index in [2.05, 4.69) is 32.7 Å². The fourth-order valence-electron chi connectivity index (χ4n) is 3.15. The van der Waals surface area contributed by atoms with Crippen molar-refractivity contribution in [1.82, 2.24) is 25.4 Å². The van der Waals surface area contributed by atoms with E-state index >= 15 is 0 Å². The van der Waals surface area contributed by atoms with E-state index in [1.165, 1.54) is 0 Å². The van der Waals surface area contributed by atoms with Gasteiger partial charge in [0, 0.05) is 26.1 Å². The van der Waals surface area contributed by atoms with Crippen LogP contribution in [0.4, 0.5) is 0 Å². The molecule has 0 saturated heterocycles. The minimum atomic E-state index is -0.342. The zero-order valence-corrected chi connectivity index (χ0v) is 18.6. The lowest BCUT2D eigenvalue weighted by Gasteiger charge is -2.12. The number of carbonyl (C=O) groups excluding carboxylic acids is 1. The van der Waals surface area contributed by atoms with Crippen LogP contribution in [0, 0.1) is 0 Å². The normalized spacial score (nSPS) is 11.2. The van der Waals surface area contributed by atoms with Crippen LogP contribution in [-0.2, 0) is 30.9 Å². The summed E-state index contributed by atoms with van der Waals surface area (Å²) in [6.07, 6.45) is 2.59. The van der Waals surface area contributed by atoms with E-state index in [0.717, 1.165) is 42.4 Å². The molecule has 2 aromatic carbocycles. The number of aromatic nitrogens is 3. The van der Waals surface area contributed by atoms with Gasteiger partial charge in [0.25, 0.3) is 0 Å². The van der Waals surface area contributed by atoms with Gasteiger partial charge in [0.15, 0.2) is 5.96 Å². The van der Waals surface area contributed by atoms with Gasteiger partial charge < -0.3 is 19.9 Å². The number of carbonyl (C=O) groups is 1. The fraction of sp³-hybridized carbons (Fsp3) is 0.333. The van der Waals surface area contributed by atoms with E-state index in [9.17, 15) is 4.79 Å². The van der Waals surface area contributed by atoms with E-state index in [0.29, 0.717) is 18.7 Å². The summed E-state index contributed by atoms with van der Waals surface area (Å²) < 4.78 is 7.46. The lowest BCUT2D eigenvalue weighted by molar-refractivity contribution is 0.0472. The number of guanidine groups is 1. The molecule has 1 aromatic heterocycles. The molecule has 1 heterocycles. The van der Waals surface area contributed by atoms with Gasteiger partial charge in [0.1, 0.15) is 18.8 Å². The average molecular weight is 435 g/mol. The number of aryl methyl sites for hydroxylation is 1. The largest absolute Gasteiger partial charge is 0.457 e. The maximum atomic E-state index is 12.4.